The Hall–Kier alpha value is -0.970. The average Bonchev–Trinajstić information content (AvgIpc) is 2.92. The summed E-state index contributed by atoms with van der Waals surface area (Å²) < 4.78 is 29.3. The third kappa shape index (κ3) is 3.30. The van der Waals surface area contributed by atoms with Crippen molar-refractivity contribution in [3.05, 3.63) is 0 Å². The zero-order valence-electron chi connectivity index (χ0n) is 14.3. The van der Waals surface area contributed by atoms with E-state index in [0.717, 1.165) is 6.42 Å². The first-order valence-electron chi connectivity index (χ1n) is 8.12. The first-order chi connectivity index (χ1) is 10.7. The molecule has 0 aliphatic carbocycles. The second-order valence-corrected chi connectivity index (χ2v) is 7.01. The van der Waals surface area contributed by atoms with E-state index in [1.807, 2.05) is 34.6 Å². The van der Waals surface area contributed by atoms with Gasteiger partial charge >= 0.3 is 0 Å². The molecule has 0 spiro atoms. The highest BCUT2D eigenvalue weighted by Crippen LogP contribution is 2.44. The van der Waals surface area contributed by atoms with Crippen LogP contribution in [0.1, 0.15) is 47.5 Å². The summed E-state index contributed by atoms with van der Waals surface area (Å²) in [5.41, 5.74) is 0. The van der Waals surface area contributed by atoms with E-state index in [-0.39, 0.29) is 5.78 Å². The van der Waals surface area contributed by atoms with Gasteiger partial charge in [0.2, 0.25) is 5.78 Å². The quantitative estimate of drug-likeness (QED) is 0.570. The lowest BCUT2D eigenvalue weighted by atomic mass is 9.96. The summed E-state index contributed by atoms with van der Waals surface area (Å²) in [5.74, 6) is 3.61. The number of rotatable bonds is 2. The van der Waals surface area contributed by atoms with E-state index < -0.39 is 42.3 Å². The number of hydrogen-bond acceptors (Lipinski definition) is 6. The standard InChI is InChI=1S/C17H24O6/c1-6-7-8-9-10(18)11-12-13(21-16(2,3)20-12)14-15(19-11)23-17(4,5)22-14/h11-15H,6-7H2,1-5H3/t11-,12+,13+,14-,15-/m1/s1. The molecule has 3 heterocycles. The minimum absolute atomic E-state index is 0.304. The molecule has 6 heteroatoms. The van der Waals surface area contributed by atoms with Crippen molar-refractivity contribution in [3.8, 4) is 11.8 Å². The lowest BCUT2D eigenvalue weighted by Crippen LogP contribution is -2.57. The summed E-state index contributed by atoms with van der Waals surface area (Å²) in [5, 5.41) is 0. The van der Waals surface area contributed by atoms with Gasteiger partial charge in [0.25, 0.3) is 0 Å². The molecule has 0 saturated carbocycles. The molecule has 128 valence electrons. The monoisotopic (exact) mass is 324 g/mol. The van der Waals surface area contributed by atoms with Crippen molar-refractivity contribution in [2.24, 2.45) is 0 Å². The molecule has 0 aromatic carbocycles. The number of unbranched alkanes of at least 4 members (excludes halogenated alkanes) is 1. The maximum atomic E-state index is 12.4. The number of ether oxygens (including phenoxy) is 5. The van der Waals surface area contributed by atoms with E-state index in [2.05, 4.69) is 11.8 Å². The van der Waals surface area contributed by atoms with Gasteiger partial charge in [-0.25, -0.2) is 0 Å². The topological polar surface area (TPSA) is 63.2 Å². The Labute approximate surface area is 136 Å². The smallest absolute Gasteiger partial charge is 0.237 e. The minimum atomic E-state index is -0.829. The zero-order valence-corrected chi connectivity index (χ0v) is 14.3. The molecule has 5 atom stereocenters. The molecule has 0 amide bonds. The highest BCUT2D eigenvalue weighted by atomic mass is 16.9. The van der Waals surface area contributed by atoms with E-state index in [1.54, 1.807) is 0 Å². The van der Waals surface area contributed by atoms with Crippen LogP contribution in [0.4, 0.5) is 0 Å². The van der Waals surface area contributed by atoms with Gasteiger partial charge in [-0.1, -0.05) is 12.8 Å². The minimum Gasteiger partial charge on any atom is -0.342 e. The van der Waals surface area contributed by atoms with Crippen LogP contribution in [0.2, 0.25) is 0 Å². The van der Waals surface area contributed by atoms with Crippen molar-refractivity contribution in [3.63, 3.8) is 0 Å². The van der Waals surface area contributed by atoms with Crippen LogP contribution in [0.3, 0.4) is 0 Å². The Morgan fingerprint density at radius 1 is 0.957 bits per heavy atom. The van der Waals surface area contributed by atoms with Crippen LogP contribution in [0.5, 0.6) is 0 Å². The molecule has 0 unspecified atom stereocenters. The number of ketones is 1. The van der Waals surface area contributed by atoms with Gasteiger partial charge in [-0.05, 0) is 40.0 Å². The molecule has 0 bridgehead atoms. The van der Waals surface area contributed by atoms with E-state index in [9.17, 15) is 4.79 Å². The molecule has 0 aromatic heterocycles. The largest absolute Gasteiger partial charge is 0.342 e. The molecule has 3 aliphatic heterocycles. The van der Waals surface area contributed by atoms with Gasteiger partial charge in [-0.2, -0.15) is 0 Å². The predicted octanol–water partition coefficient (Wildman–Crippen LogP) is 1.76. The number of hydrogen-bond donors (Lipinski definition) is 0. The van der Waals surface area contributed by atoms with Crippen LogP contribution in [0, 0.1) is 11.8 Å². The Kier molecular flexibility index (Phi) is 4.28. The molecule has 3 rings (SSSR count). The van der Waals surface area contributed by atoms with E-state index in [1.165, 1.54) is 0 Å². The third-order valence-electron chi connectivity index (χ3n) is 4.00. The van der Waals surface area contributed by atoms with E-state index >= 15 is 0 Å². The molecular weight excluding hydrogens is 300 g/mol. The van der Waals surface area contributed by atoms with Gasteiger partial charge in [0.1, 0.15) is 18.3 Å². The maximum absolute atomic E-state index is 12.4. The van der Waals surface area contributed by atoms with Gasteiger partial charge < -0.3 is 23.7 Å². The van der Waals surface area contributed by atoms with Crippen LogP contribution in [-0.2, 0) is 28.5 Å². The average molecular weight is 324 g/mol. The van der Waals surface area contributed by atoms with Crippen molar-refractivity contribution in [1.82, 2.24) is 0 Å². The molecule has 3 aliphatic rings. The van der Waals surface area contributed by atoms with Crippen LogP contribution in [-0.4, -0.2) is 48.1 Å². The van der Waals surface area contributed by atoms with Crippen molar-refractivity contribution in [2.45, 2.75) is 89.7 Å². The highest BCUT2D eigenvalue weighted by molar-refractivity contribution is 5.99. The van der Waals surface area contributed by atoms with Gasteiger partial charge in [-0.15, -0.1) is 0 Å². The second-order valence-electron chi connectivity index (χ2n) is 7.01. The van der Waals surface area contributed by atoms with Gasteiger partial charge in [0.15, 0.2) is 24.0 Å². The van der Waals surface area contributed by atoms with Crippen molar-refractivity contribution in [2.75, 3.05) is 0 Å². The number of carbonyl (C=O) groups excluding carboxylic acids is 1. The van der Waals surface area contributed by atoms with Gasteiger partial charge in [0, 0.05) is 6.42 Å². The fourth-order valence-corrected chi connectivity index (χ4v) is 3.17. The third-order valence-corrected chi connectivity index (χ3v) is 4.00. The molecule has 3 fully saturated rings. The van der Waals surface area contributed by atoms with E-state index in [4.69, 9.17) is 23.7 Å². The summed E-state index contributed by atoms with van der Waals surface area (Å²) in [6, 6.07) is 0. The SMILES string of the molecule is CCCC#CC(=O)[C@H]1O[C@@H]2OC(C)(C)O[C@@H]2[C@H]2OC(C)(C)O[C@H]21. The van der Waals surface area contributed by atoms with Crippen LogP contribution >= 0.6 is 0 Å². The molecule has 6 nitrogen and oxygen atoms in total. The van der Waals surface area contributed by atoms with Crippen molar-refractivity contribution < 1.29 is 28.5 Å². The Morgan fingerprint density at radius 2 is 1.57 bits per heavy atom. The summed E-state index contributed by atoms with van der Waals surface area (Å²) in [4.78, 5) is 12.4. The Morgan fingerprint density at radius 3 is 2.26 bits per heavy atom. The fraction of sp³-hybridized carbons (Fsp3) is 0.824. The summed E-state index contributed by atoms with van der Waals surface area (Å²) in [6.07, 6.45) is -1.31. The van der Waals surface area contributed by atoms with Crippen LogP contribution in [0.25, 0.3) is 0 Å². The molecule has 23 heavy (non-hydrogen) atoms. The first kappa shape index (κ1) is 16.9. The normalized spacial score (nSPS) is 40.0. The number of fused-ring (bicyclic) bond motifs is 3. The predicted molar refractivity (Wildman–Crippen MR) is 80.2 cm³/mol. The zero-order chi connectivity index (χ0) is 16.8. The number of carbonyl (C=O) groups is 1. The lowest BCUT2D eigenvalue weighted by molar-refractivity contribution is -0.228. The molecule has 3 saturated heterocycles. The summed E-state index contributed by atoms with van der Waals surface area (Å²) >= 11 is 0. The first-order valence-corrected chi connectivity index (χ1v) is 8.12. The number of Topliss-reactive ketones (excluding diaryl/α,β-unsaturated/α-hetero) is 1. The lowest BCUT2D eigenvalue weighted by Gasteiger charge is -2.35. The van der Waals surface area contributed by atoms with Crippen LogP contribution < -0.4 is 0 Å². The molecular formula is C17H24O6. The maximum Gasteiger partial charge on any atom is 0.237 e. The van der Waals surface area contributed by atoms with Gasteiger partial charge in [-0.3, -0.25) is 4.79 Å². The Bertz CT molecular complexity index is 543. The molecule has 0 radical (unpaired) electrons. The highest BCUT2D eigenvalue weighted by Gasteiger charge is 2.61. The van der Waals surface area contributed by atoms with E-state index in [0.29, 0.717) is 6.42 Å². The Balaban J connectivity index is 1.84. The molecule has 0 N–H and O–H groups in total. The summed E-state index contributed by atoms with van der Waals surface area (Å²) in [6.45, 7) is 9.25. The van der Waals surface area contributed by atoms with Gasteiger partial charge in [0.05, 0.1) is 0 Å². The van der Waals surface area contributed by atoms with Crippen molar-refractivity contribution in [1.29, 1.82) is 0 Å². The van der Waals surface area contributed by atoms with Crippen LogP contribution in [0.15, 0.2) is 0 Å². The fourth-order valence-electron chi connectivity index (χ4n) is 3.17. The van der Waals surface area contributed by atoms with Crippen molar-refractivity contribution >= 4 is 5.78 Å². The second kappa shape index (κ2) is 5.83. The summed E-state index contributed by atoms with van der Waals surface area (Å²) in [7, 11) is 0. The molecule has 0 aromatic rings.